The molecular weight excluding hydrogens is 272 g/mol. The summed E-state index contributed by atoms with van der Waals surface area (Å²) in [4.78, 5) is 22.3. The average Bonchev–Trinajstić information content (AvgIpc) is 2.50. The Balaban J connectivity index is 1.82. The van der Waals surface area contributed by atoms with E-state index >= 15 is 0 Å². The molecule has 6 nitrogen and oxygen atoms in total. The normalized spacial score (nSPS) is 16.4. The fourth-order valence-electron chi connectivity index (χ4n) is 2.20. The lowest BCUT2D eigenvalue weighted by Crippen LogP contribution is -2.40. The molecule has 1 aliphatic rings. The van der Waals surface area contributed by atoms with Crippen LogP contribution in [-0.4, -0.2) is 38.6 Å². The molecule has 0 radical (unpaired) electrons. The van der Waals surface area contributed by atoms with Crippen LogP contribution in [0.1, 0.15) is 12.5 Å². The third-order valence-electron chi connectivity index (χ3n) is 3.34. The zero-order valence-electron chi connectivity index (χ0n) is 12.3. The molecule has 0 aromatic heterocycles. The summed E-state index contributed by atoms with van der Waals surface area (Å²) in [5, 5.41) is 5.27. The zero-order chi connectivity index (χ0) is 15.2. The molecule has 0 spiro atoms. The van der Waals surface area contributed by atoms with Gasteiger partial charge in [0, 0.05) is 25.5 Å². The predicted molar refractivity (Wildman–Crippen MR) is 77.4 cm³/mol. The van der Waals surface area contributed by atoms with Gasteiger partial charge in [-0.2, -0.15) is 0 Å². The van der Waals surface area contributed by atoms with Crippen molar-refractivity contribution < 1.29 is 19.1 Å². The zero-order valence-corrected chi connectivity index (χ0v) is 12.3. The number of ether oxygens (including phenoxy) is 2. The van der Waals surface area contributed by atoms with Crippen LogP contribution < -0.4 is 20.1 Å². The van der Waals surface area contributed by atoms with Crippen LogP contribution in [-0.2, 0) is 16.0 Å². The average molecular weight is 292 g/mol. The highest BCUT2D eigenvalue weighted by molar-refractivity contribution is 5.83. The van der Waals surface area contributed by atoms with E-state index in [0.717, 1.165) is 23.5 Å². The second-order valence-electron chi connectivity index (χ2n) is 5.07. The number of carbonyl (C=O) groups is 2. The third kappa shape index (κ3) is 4.37. The van der Waals surface area contributed by atoms with Crippen molar-refractivity contribution >= 4 is 11.8 Å². The van der Waals surface area contributed by atoms with Gasteiger partial charge in [-0.1, -0.05) is 6.07 Å². The lowest BCUT2D eigenvalue weighted by molar-refractivity contribution is -0.125. The SMILES string of the molecule is COc1ccc2c(c1)OCC(CNC(=O)CNC(C)=O)C2. The Morgan fingerprint density at radius 3 is 2.90 bits per heavy atom. The highest BCUT2D eigenvalue weighted by atomic mass is 16.5. The van der Waals surface area contributed by atoms with Crippen molar-refractivity contribution in [3.63, 3.8) is 0 Å². The van der Waals surface area contributed by atoms with Gasteiger partial charge in [-0.05, 0) is 18.1 Å². The van der Waals surface area contributed by atoms with Gasteiger partial charge in [0.05, 0.1) is 20.3 Å². The minimum absolute atomic E-state index is 0.0106. The number of hydrogen-bond donors (Lipinski definition) is 2. The number of fused-ring (bicyclic) bond motifs is 1. The van der Waals surface area contributed by atoms with Crippen LogP contribution in [0.3, 0.4) is 0 Å². The van der Waals surface area contributed by atoms with Gasteiger partial charge in [-0.15, -0.1) is 0 Å². The van der Waals surface area contributed by atoms with Crippen molar-refractivity contribution in [1.29, 1.82) is 0 Å². The molecule has 21 heavy (non-hydrogen) atoms. The maximum absolute atomic E-state index is 11.5. The number of rotatable bonds is 5. The molecule has 2 N–H and O–H groups in total. The van der Waals surface area contributed by atoms with E-state index in [1.165, 1.54) is 6.92 Å². The van der Waals surface area contributed by atoms with Crippen molar-refractivity contribution in [2.24, 2.45) is 5.92 Å². The second kappa shape index (κ2) is 6.97. The molecule has 0 fully saturated rings. The molecule has 114 valence electrons. The van der Waals surface area contributed by atoms with Crippen molar-refractivity contribution in [3.05, 3.63) is 23.8 Å². The molecule has 0 saturated carbocycles. The highest BCUT2D eigenvalue weighted by Gasteiger charge is 2.20. The first-order valence-electron chi connectivity index (χ1n) is 6.89. The van der Waals surface area contributed by atoms with Crippen LogP contribution in [0.2, 0.25) is 0 Å². The smallest absolute Gasteiger partial charge is 0.239 e. The topological polar surface area (TPSA) is 76.7 Å². The van der Waals surface area contributed by atoms with E-state index in [1.807, 2.05) is 18.2 Å². The molecule has 1 aliphatic heterocycles. The molecule has 1 unspecified atom stereocenters. The van der Waals surface area contributed by atoms with Crippen LogP contribution in [0, 0.1) is 5.92 Å². The predicted octanol–water partition coefficient (Wildman–Crippen LogP) is 0.499. The Labute approximate surface area is 123 Å². The van der Waals surface area contributed by atoms with Gasteiger partial charge in [0.2, 0.25) is 11.8 Å². The monoisotopic (exact) mass is 292 g/mol. The summed E-state index contributed by atoms with van der Waals surface area (Å²) in [6.45, 7) is 2.48. The third-order valence-corrected chi connectivity index (χ3v) is 3.34. The van der Waals surface area contributed by atoms with Crippen LogP contribution >= 0.6 is 0 Å². The van der Waals surface area contributed by atoms with Crippen molar-refractivity contribution in [3.8, 4) is 11.5 Å². The fraction of sp³-hybridized carbons (Fsp3) is 0.467. The lowest BCUT2D eigenvalue weighted by atomic mass is 9.96. The summed E-state index contributed by atoms with van der Waals surface area (Å²) < 4.78 is 10.9. The molecule has 0 saturated heterocycles. The Hall–Kier alpha value is -2.24. The molecule has 1 aromatic carbocycles. The van der Waals surface area contributed by atoms with Crippen LogP contribution in [0.15, 0.2) is 18.2 Å². The lowest BCUT2D eigenvalue weighted by Gasteiger charge is -2.25. The van der Waals surface area contributed by atoms with E-state index in [2.05, 4.69) is 10.6 Å². The molecule has 1 aromatic rings. The van der Waals surface area contributed by atoms with Crippen LogP contribution in [0.25, 0.3) is 0 Å². The second-order valence-corrected chi connectivity index (χ2v) is 5.07. The van der Waals surface area contributed by atoms with Gasteiger partial charge >= 0.3 is 0 Å². The Kier molecular flexibility index (Phi) is 5.03. The number of benzene rings is 1. The summed E-state index contributed by atoms with van der Waals surface area (Å²) in [5.74, 6) is 1.44. The summed E-state index contributed by atoms with van der Waals surface area (Å²) in [6.07, 6.45) is 0.847. The fourth-order valence-corrected chi connectivity index (χ4v) is 2.20. The van der Waals surface area contributed by atoms with Gasteiger partial charge < -0.3 is 20.1 Å². The summed E-state index contributed by atoms with van der Waals surface area (Å²) >= 11 is 0. The number of nitrogens with one attached hydrogen (secondary N) is 2. The first-order chi connectivity index (χ1) is 10.1. The van der Waals surface area contributed by atoms with Crippen molar-refractivity contribution in [1.82, 2.24) is 10.6 Å². The van der Waals surface area contributed by atoms with Gasteiger partial charge in [-0.25, -0.2) is 0 Å². The Morgan fingerprint density at radius 1 is 1.38 bits per heavy atom. The van der Waals surface area contributed by atoms with E-state index in [4.69, 9.17) is 9.47 Å². The van der Waals surface area contributed by atoms with Gasteiger partial charge in [0.15, 0.2) is 0 Å². The molecule has 0 bridgehead atoms. The van der Waals surface area contributed by atoms with E-state index < -0.39 is 0 Å². The molecule has 1 heterocycles. The van der Waals surface area contributed by atoms with E-state index in [1.54, 1.807) is 7.11 Å². The first-order valence-corrected chi connectivity index (χ1v) is 6.89. The van der Waals surface area contributed by atoms with Crippen molar-refractivity contribution in [2.45, 2.75) is 13.3 Å². The minimum atomic E-state index is -0.214. The largest absolute Gasteiger partial charge is 0.497 e. The molecule has 0 aliphatic carbocycles. The first kappa shape index (κ1) is 15.2. The molecule has 2 amide bonds. The van der Waals surface area contributed by atoms with Gasteiger partial charge in [0.25, 0.3) is 0 Å². The quantitative estimate of drug-likeness (QED) is 0.828. The Bertz CT molecular complexity index is 530. The number of carbonyl (C=O) groups excluding carboxylic acids is 2. The van der Waals surface area contributed by atoms with Crippen LogP contribution in [0.5, 0.6) is 11.5 Å². The van der Waals surface area contributed by atoms with Crippen LogP contribution in [0.4, 0.5) is 0 Å². The van der Waals surface area contributed by atoms with E-state index in [-0.39, 0.29) is 24.3 Å². The number of hydrogen-bond acceptors (Lipinski definition) is 4. The van der Waals surface area contributed by atoms with E-state index in [0.29, 0.717) is 13.2 Å². The molecule has 2 rings (SSSR count). The van der Waals surface area contributed by atoms with Gasteiger partial charge in [0.1, 0.15) is 11.5 Å². The summed E-state index contributed by atoms with van der Waals surface area (Å²) in [5.41, 5.74) is 1.11. The number of amides is 2. The van der Waals surface area contributed by atoms with Gasteiger partial charge in [-0.3, -0.25) is 9.59 Å². The highest BCUT2D eigenvalue weighted by Crippen LogP contribution is 2.30. The van der Waals surface area contributed by atoms with E-state index in [9.17, 15) is 9.59 Å². The molecular formula is C15H20N2O4. The summed E-state index contributed by atoms with van der Waals surface area (Å²) in [7, 11) is 1.62. The standard InChI is InChI=1S/C15H20N2O4/c1-10(18)16-8-15(19)17-7-11-5-12-3-4-13(20-2)6-14(12)21-9-11/h3-4,6,11H,5,7-9H2,1-2H3,(H,16,18)(H,17,19). The maximum Gasteiger partial charge on any atom is 0.239 e. The molecule has 1 atom stereocenters. The summed E-state index contributed by atoms with van der Waals surface area (Å²) in [6, 6.07) is 5.76. The maximum atomic E-state index is 11.5. The minimum Gasteiger partial charge on any atom is -0.497 e. The molecule has 6 heteroatoms. The number of methoxy groups -OCH3 is 1. The van der Waals surface area contributed by atoms with Crippen molar-refractivity contribution in [2.75, 3.05) is 26.8 Å². The Morgan fingerprint density at radius 2 is 2.19 bits per heavy atom.